The zero-order valence-corrected chi connectivity index (χ0v) is 10.5. The lowest BCUT2D eigenvalue weighted by molar-refractivity contribution is -0.238. The van der Waals surface area contributed by atoms with Crippen LogP contribution in [-0.2, 0) is 4.74 Å². The molecule has 4 atom stereocenters. The van der Waals surface area contributed by atoms with Crippen molar-refractivity contribution in [2.75, 3.05) is 6.54 Å². The quantitative estimate of drug-likeness (QED) is 0.835. The van der Waals surface area contributed by atoms with Gasteiger partial charge in [0.25, 0.3) is 0 Å². The SMILES string of the molecule is CC1CCC(OC(CCN)C(F)(F)F)CC1C. The lowest BCUT2D eigenvalue weighted by atomic mass is 9.80. The molecule has 1 aliphatic carbocycles. The van der Waals surface area contributed by atoms with E-state index in [1.54, 1.807) is 0 Å². The number of ether oxygens (including phenoxy) is 1. The smallest absolute Gasteiger partial charge is 0.365 e. The van der Waals surface area contributed by atoms with E-state index in [9.17, 15) is 13.2 Å². The first kappa shape index (κ1) is 14.8. The molecule has 0 saturated heterocycles. The third-order valence-electron chi connectivity index (χ3n) is 3.70. The highest BCUT2D eigenvalue weighted by Crippen LogP contribution is 2.34. The predicted molar refractivity (Wildman–Crippen MR) is 60.6 cm³/mol. The van der Waals surface area contributed by atoms with Crippen LogP contribution in [0.25, 0.3) is 0 Å². The molecular weight excluding hydrogens is 231 g/mol. The highest BCUT2D eigenvalue weighted by molar-refractivity contribution is 4.78. The molecule has 2 nitrogen and oxygen atoms in total. The number of alkyl halides is 3. The molecule has 0 aromatic carbocycles. The minimum absolute atomic E-state index is 0.00283. The Morgan fingerprint density at radius 3 is 2.35 bits per heavy atom. The van der Waals surface area contributed by atoms with Gasteiger partial charge in [0.1, 0.15) is 0 Å². The molecule has 0 aromatic rings. The van der Waals surface area contributed by atoms with Gasteiger partial charge in [0.05, 0.1) is 6.10 Å². The summed E-state index contributed by atoms with van der Waals surface area (Å²) in [6.45, 7) is 4.22. The van der Waals surface area contributed by atoms with E-state index >= 15 is 0 Å². The minimum Gasteiger partial charge on any atom is -0.365 e. The van der Waals surface area contributed by atoms with E-state index in [1.807, 2.05) is 0 Å². The molecule has 0 amide bonds. The van der Waals surface area contributed by atoms with Crippen LogP contribution in [0.3, 0.4) is 0 Å². The van der Waals surface area contributed by atoms with Gasteiger partial charge in [0.15, 0.2) is 6.10 Å². The molecule has 0 bridgehead atoms. The van der Waals surface area contributed by atoms with Gasteiger partial charge in [-0.1, -0.05) is 13.8 Å². The molecule has 0 radical (unpaired) electrons. The fraction of sp³-hybridized carbons (Fsp3) is 1.00. The normalized spacial score (nSPS) is 32.5. The molecule has 1 rings (SSSR count). The summed E-state index contributed by atoms with van der Waals surface area (Å²) in [6.07, 6.45) is -4.02. The first-order chi connectivity index (χ1) is 7.84. The molecule has 0 spiro atoms. The van der Waals surface area contributed by atoms with Crippen LogP contribution in [0.1, 0.15) is 39.5 Å². The van der Waals surface area contributed by atoms with E-state index in [0.717, 1.165) is 19.3 Å². The first-order valence-corrected chi connectivity index (χ1v) is 6.26. The van der Waals surface area contributed by atoms with E-state index in [-0.39, 0.29) is 19.1 Å². The van der Waals surface area contributed by atoms with Crippen molar-refractivity contribution in [2.24, 2.45) is 17.6 Å². The second kappa shape index (κ2) is 6.05. The fourth-order valence-electron chi connectivity index (χ4n) is 2.31. The largest absolute Gasteiger partial charge is 0.414 e. The maximum Gasteiger partial charge on any atom is 0.414 e. The van der Waals surface area contributed by atoms with Crippen molar-refractivity contribution in [1.29, 1.82) is 0 Å². The second-order valence-electron chi connectivity index (χ2n) is 5.13. The van der Waals surface area contributed by atoms with E-state index in [2.05, 4.69) is 13.8 Å². The molecule has 17 heavy (non-hydrogen) atoms. The van der Waals surface area contributed by atoms with Crippen LogP contribution >= 0.6 is 0 Å². The number of hydrogen-bond donors (Lipinski definition) is 1. The third-order valence-corrected chi connectivity index (χ3v) is 3.70. The molecule has 1 saturated carbocycles. The van der Waals surface area contributed by atoms with E-state index in [0.29, 0.717) is 11.8 Å². The van der Waals surface area contributed by atoms with Gasteiger partial charge in [0.2, 0.25) is 0 Å². The van der Waals surface area contributed by atoms with Crippen LogP contribution in [0.4, 0.5) is 13.2 Å². The van der Waals surface area contributed by atoms with Crippen LogP contribution in [0.5, 0.6) is 0 Å². The Kier molecular flexibility index (Phi) is 5.25. The average molecular weight is 253 g/mol. The van der Waals surface area contributed by atoms with Crippen LogP contribution in [0.15, 0.2) is 0 Å². The van der Waals surface area contributed by atoms with Crippen molar-refractivity contribution < 1.29 is 17.9 Å². The van der Waals surface area contributed by atoms with E-state index in [1.165, 1.54) is 0 Å². The van der Waals surface area contributed by atoms with Gasteiger partial charge in [-0.2, -0.15) is 13.2 Å². The maximum atomic E-state index is 12.7. The predicted octanol–water partition coefficient (Wildman–Crippen LogP) is 3.11. The molecule has 1 aliphatic rings. The van der Waals surface area contributed by atoms with Crippen LogP contribution < -0.4 is 5.73 Å². The summed E-state index contributed by atoms with van der Waals surface area (Å²) in [6, 6.07) is 0. The van der Waals surface area contributed by atoms with Crippen molar-refractivity contribution in [3.63, 3.8) is 0 Å². The molecule has 4 unspecified atom stereocenters. The Hall–Kier alpha value is -0.290. The third kappa shape index (κ3) is 4.47. The Labute approximate surface area is 101 Å². The van der Waals surface area contributed by atoms with Gasteiger partial charge < -0.3 is 10.5 Å². The van der Waals surface area contributed by atoms with Gasteiger partial charge in [-0.3, -0.25) is 0 Å². The summed E-state index contributed by atoms with van der Waals surface area (Å²) in [4.78, 5) is 0. The summed E-state index contributed by atoms with van der Waals surface area (Å²) >= 11 is 0. The van der Waals surface area contributed by atoms with Gasteiger partial charge in [0, 0.05) is 0 Å². The Bertz CT molecular complexity index is 232. The lowest BCUT2D eigenvalue weighted by Crippen LogP contribution is -2.39. The monoisotopic (exact) mass is 253 g/mol. The van der Waals surface area contributed by atoms with Crippen LogP contribution in [0.2, 0.25) is 0 Å². The Morgan fingerprint density at radius 2 is 1.88 bits per heavy atom. The summed E-state index contributed by atoms with van der Waals surface area (Å²) in [5.74, 6) is 1.01. The van der Waals surface area contributed by atoms with Crippen molar-refractivity contribution >= 4 is 0 Å². The molecule has 2 N–H and O–H groups in total. The van der Waals surface area contributed by atoms with Crippen LogP contribution in [-0.4, -0.2) is 24.9 Å². The number of hydrogen-bond acceptors (Lipinski definition) is 2. The summed E-state index contributed by atoms with van der Waals surface area (Å²) in [5.41, 5.74) is 5.20. The average Bonchev–Trinajstić information content (AvgIpc) is 2.21. The molecule has 1 fully saturated rings. The summed E-state index contributed by atoms with van der Waals surface area (Å²) in [5, 5.41) is 0. The molecular formula is C12H22F3NO. The van der Waals surface area contributed by atoms with Crippen molar-refractivity contribution in [3.8, 4) is 0 Å². The van der Waals surface area contributed by atoms with Crippen molar-refractivity contribution in [2.45, 2.75) is 57.9 Å². The number of halogens is 3. The number of nitrogens with two attached hydrogens (primary N) is 1. The lowest BCUT2D eigenvalue weighted by Gasteiger charge is -2.34. The molecule has 0 aliphatic heterocycles. The van der Waals surface area contributed by atoms with E-state index in [4.69, 9.17) is 10.5 Å². The maximum absolute atomic E-state index is 12.7. The van der Waals surface area contributed by atoms with Crippen LogP contribution in [0, 0.1) is 11.8 Å². The zero-order chi connectivity index (χ0) is 13.1. The Morgan fingerprint density at radius 1 is 1.24 bits per heavy atom. The van der Waals surface area contributed by atoms with Crippen molar-refractivity contribution in [3.05, 3.63) is 0 Å². The molecule has 5 heteroatoms. The fourth-order valence-corrected chi connectivity index (χ4v) is 2.31. The number of rotatable bonds is 4. The molecule has 0 heterocycles. The van der Waals surface area contributed by atoms with Gasteiger partial charge >= 0.3 is 6.18 Å². The first-order valence-electron chi connectivity index (χ1n) is 6.26. The molecule has 102 valence electrons. The second-order valence-corrected chi connectivity index (χ2v) is 5.13. The highest BCUT2D eigenvalue weighted by Gasteiger charge is 2.42. The summed E-state index contributed by atoms with van der Waals surface area (Å²) in [7, 11) is 0. The summed E-state index contributed by atoms with van der Waals surface area (Å²) < 4.78 is 43.2. The standard InChI is InChI=1S/C12H22F3NO/c1-8-3-4-10(7-9(8)2)17-11(5-6-16)12(13,14)15/h8-11H,3-7,16H2,1-2H3. The Balaban J connectivity index is 2.50. The van der Waals surface area contributed by atoms with Crippen molar-refractivity contribution in [1.82, 2.24) is 0 Å². The minimum atomic E-state index is -4.30. The van der Waals surface area contributed by atoms with E-state index < -0.39 is 12.3 Å². The molecule has 0 aromatic heterocycles. The zero-order valence-electron chi connectivity index (χ0n) is 10.5. The van der Waals surface area contributed by atoms with Gasteiger partial charge in [-0.15, -0.1) is 0 Å². The van der Waals surface area contributed by atoms with Gasteiger partial charge in [-0.05, 0) is 44.1 Å². The topological polar surface area (TPSA) is 35.2 Å². The highest BCUT2D eigenvalue weighted by atomic mass is 19.4. The van der Waals surface area contributed by atoms with Gasteiger partial charge in [-0.25, -0.2) is 0 Å².